The smallest absolute Gasteiger partial charge is 0.324 e. The molecule has 0 bridgehead atoms. The third-order valence-corrected chi connectivity index (χ3v) is 3.82. The molecule has 0 unspecified atom stereocenters. The van der Waals surface area contributed by atoms with Crippen LogP contribution in [0.3, 0.4) is 0 Å². The fourth-order valence-corrected chi connectivity index (χ4v) is 2.74. The van der Waals surface area contributed by atoms with Crippen LogP contribution in [0.2, 0.25) is 0 Å². The summed E-state index contributed by atoms with van der Waals surface area (Å²) < 4.78 is 3.10. The number of carbonyl (C=O) groups excluding carboxylic acids is 1. The predicted octanol–water partition coefficient (Wildman–Crippen LogP) is 2.33. The molecule has 0 aliphatic rings. The van der Waals surface area contributed by atoms with Gasteiger partial charge < -0.3 is 5.32 Å². The molecule has 1 N–H and O–H groups in total. The summed E-state index contributed by atoms with van der Waals surface area (Å²) in [6.07, 6.45) is 0. The molecule has 120 valence electrons. The van der Waals surface area contributed by atoms with Gasteiger partial charge in [-0.15, -0.1) is 0 Å². The number of anilines is 1. The van der Waals surface area contributed by atoms with Gasteiger partial charge in [0.1, 0.15) is 6.54 Å². The van der Waals surface area contributed by atoms with E-state index >= 15 is 0 Å². The summed E-state index contributed by atoms with van der Waals surface area (Å²) in [5, 5.41) is 11.6. The Morgan fingerprint density at radius 1 is 1.12 bits per heavy atom. The van der Waals surface area contributed by atoms with Crippen molar-refractivity contribution in [2.75, 3.05) is 5.32 Å². The number of rotatable bonds is 4. The van der Waals surface area contributed by atoms with Crippen LogP contribution in [0, 0.1) is 11.3 Å². The lowest BCUT2D eigenvalue weighted by Crippen LogP contribution is -2.29. The zero-order chi connectivity index (χ0) is 17.1. The maximum Gasteiger partial charge on any atom is 0.329 e. The van der Waals surface area contributed by atoms with E-state index in [1.807, 2.05) is 37.3 Å². The monoisotopic (exact) mass is 320 g/mol. The van der Waals surface area contributed by atoms with Gasteiger partial charge in [-0.1, -0.05) is 18.2 Å². The van der Waals surface area contributed by atoms with Crippen molar-refractivity contribution in [1.29, 1.82) is 5.26 Å². The van der Waals surface area contributed by atoms with Crippen molar-refractivity contribution in [2.24, 2.45) is 0 Å². The minimum absolute atomic E-state index is 0.0802. The van der Waals surface area contributed by atoms with Crippen molar-refractivity contribution in [3.63, 3.8) is 0 Å². The first kappa shape index (κ1) is 15.6. The first-order chi connectivity index (χ1) is 11.6. The Balaban J connectivity index is 1.90. The van der Waals surface area contributed by atoms with Crippen LogP contribution in [-0.2, 0) is 17.9 Å². The molecule has 1 amide bonds. The summed E-state index contributed by atoms with van der Waals surface area (Å²) >= 11 is 0. The molecule has 1 aromatic heterocycles. The molecule has 6 heteroatoms. The second-order valence-electron chi connectivity index (χ2n) is 5.34. The van der Waals surface area contributed by atoms with E-state index in [1.165, 1.54) is 4.57 Å². The van der Waals surface area contributed by atoms with Gasteiger partial charge in [0.15, 0.2) is 0 Å². The van der Waals surface area contributed by atoms with Crippen LogP contribution in [0.4, 0.5) is 5.69 Å². The zero-order valence-corrected chi connectivity index (χ0v) is 13.2. The average Bonchev–Trinajstić information content (AvgIpc) is 2.86. The van der Waals surface area contributed by atoms with Crippen molar-refractivity contribution in [3.8, 4) is 6.07 Å². The second-order valence-corrected chi connectivity index (χ2v) is 5.34. The van der Waals surface area contributed by atoms with Crippen molar-refractivity contribution in [1.82, 2.24) is 9.13 Å². The molecule has 0 aliphatic heterocycles. The fourth-order valence-electron chi connectivity index (χ4n) is 2.74. The van der Waals surface area contributed by atoms with Gasteiger partial charge in [-0.2, -0.15) is 5.26 Å². The molecule has 3 rings (SSSR count). The Labute approximate surface area is 138 Å². The van der Waals surface area contributed by atoms with Gasteiger partial charge in [-0.3, -0.25) is 13.9 Å². The van der Waals surface area contributed by atoms with E-state index in [9.17, 15) is 9.59 Å². The van der Waals surface area contributed by atoms with Crippen molar-refractivity contribution in [2.45, 2.75) is 20.0 Å². The summed E-state index contributed by atoms with van der Waals surface area (Å²) in [4.78, 5) is 24.8. The number of carbonyl (C=O) groups is 1. The number of hydrogen-bond donors (Lipinski definition) is 1. The summed E-state index contributed by atoms with van der Waals surface area (Å²) in [5.41, 5.74) is 2.33. The highest BCUT2D eigenvalue weighted by Crippen LogP contribution is 2.14. The summed E-state index contributed by atoms with van der Waals surface area (Å²) in [6.45, 7) is 2.35. The van der Waals surface area contributed by atoms with Gasteiger partial charge in [0.25, 0.3) is 0 Å². The number of fused-ring (bicyclic) bond motifs is 1. The number of hydrogen-bond acceptors (Lipinski definition) is 3. The van der Waals surface area contributed by atoms with Crippen LogP contribution in [-0.4, -0.2) is 15.0 Å². The molecule has 0 aliphatic carbocycles. The minimum atomic E-state index is -0.314. The molecule has 0 fully saturated rings. The topological polar surface area (TPSA) is 79.8 Å². The average molecular weight is 320 g/mol. The minimum Gasteiger partial charge on any atom is -0.324 e. The molecule has 1 heterocycles. The van der Waals surface area contributed by atoms with E-state index in [1.54, 1.807) is 28.8 Å². The molecule has 2 aromatic carbocycles. The van der Waals surface area contributed by atoms with Gasteiger partial charge in [-0.05, 0) is 37.3 Å². The summed E-state index contributed by atoms with van der Waals surface area (Å²) in [5.74, 6) is -0.314. The number of para-hydroxylation sites is 2. The molecular formula is C18H16N4O2. The van der Waals surface area contributed by atoms with Crippen molar-refractivity contribution < 1.29 is 4.79 Å². The largest absolute Gasteiger partial charge is 0.329 e. The number of nitrogens with one attached hydrogen (secondary N) is 1. The number of nitrogens with zero attached hydrogens (tertiary/aromatic N) is 3. The van der Waals surface area contributed by atoms with E-state index in [4.69, 9.17) is 5.26 Å². The number of amides is 1. The lowest BCUT2D eigenvalue weighted by molar-refractivity contribution is -0.116. The molecule has 0 spiro atoms. The number of aryl methyl sites for hydroxylation is 1. The van der Waals surface area contributed by atoms with Crippen LogP contribution >= 0.6 is 0 Å². The third kappa shape index (κ3) is 2.79. The van der Waals surface area contributed by atoms with Gasteiger partial charge in [0.2, 0.25) is 5.91 Å². The second kappa shape index (κ2) is 6.42. The van der Waals surface area contributed by atoms with Crippen LogP contribution in [0.1, 0.15) is 12.5 Å². The quantitative estimate of drug-likeness (QED) is 0.801. The van der Waals surface area contributed by atoms with Crippen LogP contribution in [0.25, 0.3) is 11.0 Å². The molecule has 24 heavy (non-hydrogen) atoms. The number of aromatic nitrogens is 2. The Hall–Kier alpha value is -3.33. The number of nitriles is 1. The fraction of sp³-hybridized carbons (Fsp3) is 0.167. The van der Waals surface area contributed by atoms with E-state index in [2.05, 4.69) is 5.32 Å². The highest BCUT2D eigenvalue weighted by atomic mass is 16.2. The van der Waals surface area contributed by atoms with Crippen LogP contribution in [0.5, 0.6) is 0 Å². The molecular weight excluding hydrogens is 304 g/mol. The van der Waals surface area contributed by atoms with E-state index in [0.717, 1.165) is 11.0 Å². The molecule has 6 nitrogen and oxygen atoms in total. The molecule has 0 radical (unpaired) electrons. The predicted molar refractivity (Wildman–Crippen MR) is 91.7 cm³/mol. The molecule has 3 aromatic rings. The van der Waals surface area contributed by atoms with Gasteiger partial charge in [0, 0.05) is 12.2 Å². The standard InChI is InChI=1S/C18H16N4O2/c1-2-21-15-8-3-4-9-16(15)22(18(21)24)12-17(23)20-14-7-5-6-13(10-14)11-19/h3-10H,2,12H2,1H3,(H,20,23). The van der Waals surface area contributed by atoms with E-state index in [0.29, 0.717) is 17.8 Å². The highest BCUT2D eigenvalue weighted by Gasteiger charge is 2.14. The van der Waals surface area contributed by atoms with Gasteiger partial charge >= 0.3 is 5.69 Å². The Morgan fingerprint density at radius 3 is 2.50 bits per heavy atom. The number of benzene rings is 2. The maximum absolute atomic E-state index is 12.5. The van der Waals surface area contributed by atoms with Gasteiger partial charge in [-0.25, -0.2) is 4.79 Å². The summed E-state index contributed by atoms with van der Waals surface area (Å²) in [6, 6.07) is 16.1. The van der Waals surface area contributed by atoms with Crippen molar-refractivity contribution in [3.05, 3.63) is 64.6 Å². The first-order valence-electron chi connectivity index (χ1n) is 7.62. The summed E-state index contributed by atoms with van der Waals surface area (Å²) in [7, 11) is 0. The van der Waals surface area contributed by atoms with Crippen LogP contribution in [0.15, 0.2) is 53.3 Å². The van der Waals surface area contributed by atoms with E-state index < -0.39 is 0 Å². The SMILES string of the molecule is CCn1c(=O)n(CC(=O)Nc2cccc(C#N)c2)c2ccccc21. The lowest BCUT2D eigenvalue weighted by Gasteiger charge is -2.06. The Morgan fingerprint density at radius 2 is 1.83 bits per heavy atom. The van der Waals surface area contributed by atoms with Gasteiger partial charge in [0.05, 0.1) is 22.7 Å². The lowest BCUT2D eigenvalue weighted by atomic mass is 10.2. The normalized spacial score (nSPS) is 10.5. The third-order valence-electron chi connectivity index (χ3n) is 3.82. The first-order valence-corrected chi connectivity index (χ1v) is 7.62. The Kier molecular flexibility index (Phi) is 4.17. The Bertz CT molecular complexity index is 1010. The number of imidazole rings is 1. The molecule has 0 atom stereocenters. The zero-order valence-electron chi connectivity index (χ0n) is 13.2. The molecule has 0 saturated heterocycles. The molecule has 0 saturated carbocycles. The van der Waals surface area contributed by atoms with Crippen molar-refractivity contribution >= 4 is 22.6 Å². The highest BCUT2D eigenvalue weighted by molar-refractivity contribution is 5.91. The maximum atomic E-state index is 12.5. The van der Waals surface area contributed by atoms with E-state index in [-0.39, 0.29) is 18.1 Å². The van der Waals surface area contributed by atoms with Crippen LogP contribution < -0.4 is 11.0 Å².